The highest BCUT2D eigenvalue weighted by molar-refractivity contribution is 5.81. The molecule has 0 fully saturated rings. The molecule has 0 bridgehead atoms. The van der Waals surface area contributed by atoms with Crippen molar-refractivity contribution in [2.45, 2.75) is 12.3 Å². The lowest BCUT2D eigenvalue weighted by molar-refractivity contribution is -0.145. The van der Waals surface area contributed by atoms with Gasteiger partial charge >= 0.3 is 11.9 Å². The number of nitrogens with one attached hydrogen (secondary N) is 1. The maximum atomic E-state index is 10.7. The minimum atomic E-state index is -1.25. The Kier molecular flexibility index (Phi) is 2.70. The number of nitrogens with zero attached hydrogens (tertiary/aromatic N) is 1. The lowest BCUT2D eigenvalue weighted by atomic mass is 10.1. The van der Waals surface area contributed by atoms with Gasteiger partial charge in [-0.15, -0.1) is 0 Å². The standard InChI is InChI=1S/C7H9N3O4/c8-4-2-9-6(10-4)3(7(13)14)1-5(11)12/h2-3H,1,8H2,(H,9,10)(H,11,12)(H,13,14). The van der Waals surface area contributed by atoms with Crippen molar-refractivity contribution < 1.29 is 19.8 Å². The highest BCUT2D eigenvalue weighted by atomic mass is 16.4. The van der Waals surface area contributed by atoms with Gasteiger partial charge in [0.15, 0.2) is 0 Å². The van der Waals surface area contributed by atoms with E-state index in [-0.39, 0.29) is 11.6 Å². The number of imidazole rings is 1. The fraction of sp³-hybridized carbons (Fsp3) is 0.286. The van der Waals surface area contributed by atoms with Gasteiger partial charge in [0.2, 0.25) is 0 Å². The van der Waals surface area contributed by atoms with Crippen LogP contribution in [0, 0.1) is 0 Å². The summed E-state index contributed by atoms with van der Waals surface area (Å²) in [5.41, 5.74) is 5.29. The first kappa shape index (κ1) is 10.0. The molecule has 7 nitrogen and oxygen atoms in total. The van der Waals surface area contributed by atoms with Crippen LogP contribution in [-0.2, 0) is 9.59 Å². The molecule has 0 aliphatic heterocycles. The zero-order valence-corrected chi connectivity index (χ0v) is 7.10. The Morgan fingerprint density at radius 3 is 2.57 bits per heavy atom. The summed E-state index contributed by atoms with van der Waals surface area (Å²) in [4.78, 5) is 27.2. The fourth-order valence-corrected chi connectivity index (χ4v) is 1.00. The summed E-state index contributed by atoms with van der Waals surface area (Å²) in [7, 11) is 0. The van der Waals surface area contributed by atoms with E-state index in [0.717, 1.165) is 0 Å². The zero-order valence-electron chi connectivity index (χ0n) is 7.10. The average molecular weight is 199 g/mol. The fourth-order valence-electron chi connectivity index (χ4n) is 1.00. The smallest absolute Gasteiger partial charge is 0.314 e. The highest BCUT2D eigenvalue weighted by Gasteiger charge is 2.25. The number of anilines is 1. The number of aromatic nitrogens is 2. The quantitative estimate of drug-likeness (QED) is 0.523. The van der Waals surface area contributed by atoms with Crippen molar-refractivity contribution in [2.24, 2.45) is 0 Å². The second-order valence-electron chi connectivity index (χ2n) is 2.71. The summed E-state index contributed by atoms with van der Waals surface area (Å²) in [5.74, 6) is -3.38. The maximum absolute atomic E-state index is 10.7. The summed E-state index contributed by atoms with van der Waals surface area (Å²) in [6.07, 6.45) is 0.718. The number of aliphatic carboxylic acids is 2. The van der Waals surface area contributed by atoms with Gasteiger partial charge in [0, 0.05) is 0 Å². The minimum absolute atomic E-state index is 0.0531. The Bertz CT molecular complexity index is 360. The lowest BCUT2D eigenvalue weighted by Crippen LogP contribution is -2.17. The van der Waals surface area contributed by atoms with Crippen molar-refractivity contribution >= 4 is 17.8 Å². The van der Waals surface area contributed by atoms with Gasteiger partial charge in [-0.1, -0.05) is 0 Å². The molecule has 0 saturated heterocycles. The zero-order chi connectivity index (χ0) is 10.7. The van der Waals surface area contributed by atoms with Crippen molar-refractivity contribution in [2.75, 3.05) is 5.73 Å². The number of nitrogens with two attached hydrogens (primary N) is 1. The van der Waals surface area contributed by atoms with Gasteiger partial charge < -0.3 is 20.9 Å². The van der Waals surface area contributed by atoms with Crippen LogP contribution >= 0.6 is 0 Å². The van der Waals surface area contributed by atoms with E-state index in [9.17, 15) is 9.59 Å². The second-order valence-corrected chi connectivity index (χ2v) is 2.71. The van der Waals surface area contributed by atoms with Crippen LogP contribution < -0.4 is 5.73 Å². The molecule has 1 rings (SSSR count). The van der Waals surface area contributed by atoms with Crippen molar-refractivity contribution in [3.63, 3.8) is 0 Å². The number of hydrogen-bond donors (Lipinski definition) is 4. The van der Waals surface area contributed by atoms with Crippen molar-refractivity contribution in [3.8, 4) is 0 Å². The van der Waals surface area contributed by atoms with E-state index in [4.69, 9.17) is 15.9 Å². The first-order valence-electron chi connectivity index (χ1n) is 3.75. The Labute approximate surface area is 78.6 Å². The molecule has 0 saturated carbocycles. The number of hydrogen-bond acceptors (Lipinski definition) is 4. The lowest BCUT2D eigenvalue weighted by Gasteiger charge is -2.05. The third kappa shape index (κ3) is 2.22. The van der Waals surface area contributed by atoms with Gasteiger partial charge in [0.1, 0.15) is 17.6 Å². The molecule has 0 spiro atoms. The molecule has 5 N–H and O–H groups in total. The van der Waals surface area contributed by atoms with Crippen molar-refractivity contribution in [1.29, 1.82) is 0 Å². The van der Waals surface area contributed by atoms with Gasteiger partial charge in [-0.25, -0.2) is 4.98 Å². The van der Waals surface area contributed by atoms with E-state index in [2.05, 4.69) is 9.97 Å². The van der Waals surface area contributed by atoms with E-state index >= 15 is 0 Å². The maximum Gasteiger partial charge on any atom is 0.314 e. The van der Waals surface area contributed by atoms with Crippen LogP contribution in [0.4, 0.5) is 5.82 Å². The molecular formula is C7H9N3O4. The van der Waals surface area contributed by atoms with Crippen LogP contribution in [0.2, 0.25) is 0 Å². The summed E-state index contributed by atoms with van der Waals surface area (Å²) >= 11 is 0. The summed E-state index contributed by atoms with van der Waals surface area (Å²) in [5, 5.41) is 17.2. The largest absolute Gasteiger partial charge is 0.481 e. The van der Waals surface area contributed by atoms with Crippen LogP contribution in [0.25, 0.3) is 0 Å². The number of rotatable bonds is 4. The van der Waals surface area contributed by atoms with Crippen molar-refractivity contribution in [3.05, 3.63) is 12.0 Å². The van der Waals surface area contributed by atoms with Crippen LogP contribution in [0.3, 0.4) is 0 Å². The van der Waals surface area contributed by atoms with Crippen LogP contribution in [0.1, 0.15) is 18.2 Å². The van der Waals surface area contributed by atoms with Gasteiger partial charge in [-0.05, 0) is 0 Å². The van der Waals surface area contributed by atoms with Gasteiger partial charge in [0.25, 0.3) is 0 Å². The number of carboxylic acid groups (broad SMARTS) is 2. The average Bonchev–Trinajstić information content (AvgIpc) is 2.46. The molecule has 76 valence electrons. The molecule has 1 aromatic heterocycles. The number of aromatic amines is 1. The Morgan fingerprint density at radius 1 is 1.57 bits per heavy atom. The second kappa shape index (κ2) is 3.77. The molecule has 0 amide bonds. The molecule has 0 aliphatic rings. The molecule has 1 aromatic rings. The predicted molar refractivity (Wildman–Crippen MR) is 45.6 cm³/mol. The third-order valence-electron chi connectivity index (χ3n) is 1.62. The number of H-pyrrole nitrogens is 1. The molecular weight excluding hydrogens is 190 g/mol. The Balaban J connectivity index is 2.88. The van der Waals surface area contributed by atoms with Gasteiger partial charge in [-0.3, -0.25) is 9.59 Å². The van der Waals surface area contributed by atoms with E-state index in [1.54, 1.807) is 0 Å². The molecule has 14 heavy (non-hydrogen) atoms. The molecule has 0 aliphatic carbocycles. The van der Waals surface area contributed by atoms with Crippen LogP contribution in [-0.4, -0.2) is 32.1 Å². The highest BCUT2D eigenvalue weighted by Crippen LogP contribution is 2.17. The SMILES string of the molecule is Nc1cnc(C(CC(=O)O)C(=O)O)[nH]1. The third-order valence-corrected chi connectivity index (χ3v) is 1.62. The molecule has 7 heteroatoms. The summed E-state index contributed by atoms with van der Waals surface area (Å²) in [6.45, 7) is 0. The monoisotopic (exact) mass is 199 g/mol. The topological polar surface area (TPSA) is 129 Å². The van der Waals surface area contributed by atoms with E-state index < -0.39 is 24.3 Å². The number of carboxylic acids is 2. The minimum Gasteiger partial charge on any atom is -0.481 e. The molecule has 0 aromatic carbocycles. The molecule has 0 radical (unpaired) electrons. The Hall–Kier alpha value is -2.05. The first-order chi connectivity index (χ1) is 6.50. The van der Waals surface area contributed by atoms with E-state index in [1.165, 1.54) is 6.20 Å². The van der Waals surface area contributed by atoms with E-state index in [1.807, 2.05) is 0 Å². The van der Waals surface area contributed by atoms with Gasteiger partial charge in [0.05, 0.1) is 12.6 Å². The number of carbonyl (C=O) groups is 2. The number of nitrogen functional groups attached to an aromatic ring is 1. The Morgan fingerprint density at radius 2 is 2.21 bits per heavy atom. The summed E-state index contributed by atoms with van der Waals surface area (Å²) < 4.78 is 0. The first-order valence-corrected chi connectivity index (χ1v) is 3.75. The normalized spacial score (nSPS) is 12.3. The van der Waals surface area contributed by atoms with Crippen LogP contribution in [0.15, 0.2) is 6.20 Å². The van der Waals surface area contributed by atoms with Crippen molar-refractivity contribution in [1.82, 2.24) is 9.97 Å². The van der Waals surface area contributed by atoms with E-state index in [0.29, 0.717) is 0 Å². The van der Waals surface area contributed by atoms with Gasteiger partial charge in [-0.2, -0.15) is 0 Å². The summed E-state index contributed by atoms with van der Waals surface area (Å²) in [6, 6.07) is 0. The molecule has 1 atom stereocenters. The van der Waals surface area contributed by atoms with Crippen LogP contribution in [0.5, 0.6) is 0 Å². The molecule has 1 unspecified atom stereocenters. The predicted octanol–water partition coefficient (Wildman–Crippen LogP) is -0.365. The molecule has 1 heterocycles.